The van der Waals surface area contributed by atoms with Crippen LogP contribution < -0.4 is 0 Å². The van der Waals surface area contributed by atoms with Gasteiger partial charge in [-0.1, -0.05) is 29.8 Å². The van der Waals surface area contributed by atoms with Crippen molar-refractivity contribution in [3.8, 4) is 0 Å². The molecule has 1 aliphatic rings. The lowest BCUT2D eigenvalue weighted by Crippen LogP contribution is -2.39. The molecule has 0 bridgehead atoms. The zero-order valence-corrected chi connectivity index (χ0v) is 11.2. The number of piperidine rings is 1. The topological polar surface area (TPSA) is 29.5 Å². The Morgan fingerprint density at radius 1 is 1.28 bits per heavy atom. The van der Waals surface area contributed by atoms with Gasteiger partial charge >= 0.3 is 0 Å². The summed E-state index contributed by atoms with van der Waals surface area (Å²) in [5, 5.41) is 0. The molecular weight excluding hydrogens is 226 g/mol. The summed E-state index contributed by atoms with van der Waals surface area (Å²) in [6.07, 6.45) is 2.42. The molecule has 0 saturated carbocycles. The summed E-state index contributed by atoms with van der Waals surface area (Å²) in [7, 11) is 1.76. The van der Waals surface area contributed by atoms with E-state index in [1.54, 1.807) is 7.11 Å². The van der Waals surface area contributed by atoms with E-state index in [0.29, 0.717) is 12.6 Å². The SMILES string of the molecule is COC1CCN(CC(=O)c2ccc(C)cc2)CC1. The van der Waals surface area contributed by atoms with Gasteiger partial charge < -0.3 is 4.74 Å². The lowest BCUT2D eigenvalue weighted by atomic mass is 10.1. The van der Waals surface area contributed by atoms with Gasteiger partial charge in [0, 0.05) is 25.8 Å². The monoisotopic (exact) mass is 247 g/mol. The molecule has 1 fully saturated rings. The van der Waals surface area contributed by atoms with Crippen LogP contribution in [0.3, 0.4) is 0 Å². The Hall–Kier alpha value is -1.19. The number of hydrogen-bond donors (Lipinski definition) is 0. The van der Waals surface area contributed by atoms with Gasteiger partial charge in [-0.25, -0.2) is 0 Å². The number of nitrogens with zero attached hydrogens (tertiary/aromatic N) is 1. The second kappa shape index (κ2) is 6.12. The number of Topliss-reactive ketones (excluding diaryl/α,β-unsaturated/α-hetero) is 1. The molecule has 0 aromatic heterocycles. The average Bonchev–Trinajstić information content (AvgIpc) is 2.40. The third-order valence-corrected chi connectivity index (χ3v) is 3.61. The van der Waals surface area contributed by atoms with Crippen molar-refractivity contribution in [3.05, 3.63) is 35.4 Å². The number of carbonyl (C=O) groups excluding carboxylic acids is 1. The van der Waals surface area contributed by atoms with Gasteiger partial charge in [-0.15, -0.1) is 0 Å². The predicted molar refractivity (Wildman–Crippen MR) is 72.0 cm³/mol. The molecule has 0 unspecified atom stereocenters. The van der Waals surface area contributed by atoms with Gasteiger partial charge in [0.05, 0.1) is 12.6 Å². The van der Waals surface area contributed by atoms with Gasteiger partial charge in [0.1, 0.15) is 0 Å². The lowest BCUT2D eigenvalue weighted by molar-refractivity contribution is 0.0401. The Kier molecular flexibility index (Phi) is 4.50. The smallest absolute Gasteiger partial charge is 0.176 e. The van der Waals surface area contributed by atoms with Crippen LogP contribution in [0.5, 0.6) is 0 Å². The first-order chi connectivity index (χ1) is 8.69. The molecule has 2 rings (SSSR count). The lowest BCUT2D eigenvalue weighted by Gasteiger charge is -2.30. The summed E-state index contributed by atoms with van der Waals surface area (Å²) >= 11 is 0. The maximum absolute atomic E-state index is 12.1. The maximum atomic E-state index is 12.1. The molecular formula is C15H21NO2. The largest absolute Gasteiger partial charge is 0.381 e. The fourth-order valence-corrected chi connectivity index (χ4v) is 2.34. The number of likely N-dealkylation sites (tertiary alicyclic amines) is 1. The van der Waals surface area contributed by atoms with Crippen molar-refractivity contribution in [1.29, 1.82) is 0 Å². The van der Waals surface area contributed by atoms with Gasteiger partial charge in [0.15, 0.2) is 5.78 Å². The van der Waals surface area contributed by atoms with Crippen molar-refractivity contribution in [2.24, 2.45) is 0 Å². The Balaban J connectivity index is 1.86. The summed E-state index contributed by atoms with van der Waals surface area (Å²) in [5.41, 5.74) is 2.00. The van der Waals surface area contributed by atoms with E-state index in [-0.39, 0.29) is 5.78 Å². The maximum Gasteiger partial charge on any atom is 0.176 e. The van der Waals surface area contributed by atoms with E-state index >= 15 is 0 Å². The van der Waals surface area contributed by atoms with Gasteiger partial charge in [-0.05, 0) is 19.8 Å². The third-order valence-electron chi connectivity index (χ3n) is 3.61. The van der Waals surface area contributed by atoms with Gasteiger partial charge in [0.2, 0.25) is 0 Å². The Labute approximate surface area is 109 Å². The average molecular weight is 247 g/mol. The van der Waals surface area contributed by atoms with E-state index in [0.717, 1.165) is 31.5 Å². The van der Waals surface area contributed by atoms with Gasteiger partial charge in [-0.2, -0.15) is 0 Å². The molecule has 3 nitrogen and oxygen atoms in total. The van der Waals surface area contributed by atoms with Crippen LogP contribution in [0, 0.1) is 6.92 Å². The minimum absolute atomic E-state index is 0.214. The second-order valence-corrected chi connectivity index (χ2v) is 5.00. The number of rotatable bonds is 4. The Morgan fingerprint density at radius 2 is 1.89 bits per heavy atom. The van der Waals surface area contributed by atoms with E-state index in [1.807, 2.05) is 31.2 Å². The quantitative estimate of drug-likeness (QED) is 0.765. The van der Waals surface area contributed by atoms with Crippen molar-refractivity contribution < 1.29 is 9.53 Å². The normalized spacial score (nSPS) is 17.9. The third kappa shape index (κ3) is 3.40. The van der Waals surface area contributed by atoms with Crippen molar-refractivity contribution in [1.82, 2.24) is 4.90 Å². The van der Waals surface area contributed by atoms with Crippen LogP contribution in [0.25, 0.3) is 0 Å². The molecule has 1 saturated heterocycles. The molecule has 1 heterocycles. The van der Waals surface area contributed by atoms with Gasteiger partial charge in [-0.3, -0.25) is 9.69 Å². The van der Waals surface area contributed by atoms with Crippen LogP contribution in [-0.2, 0) is 4.74 Å². The molecule has 0 radical (unpaired) electrons. The first-order valence-corrected chi connectivity index (χ1v) is 6.54. The Morgan fingerprint density at radius 3 is 2.44 bits per heavy atom. The number of ketones is 1. The molecule has 0 spiro atoms. The van der Waals surface area contributed by atoms with Crippen molar-refractivity contribution in [3.63, 3.8) is 0 Å². The Bertz CT molecular complexity index is 391. The zero-order valence-electron chi connectivity index (χ0n) is 11.2. The number of methoxy groups -OCH3 is 1. The van der Waals surface area contributed by atoms with E-state index in [2.05, 4.69) is 4.90 Å². The minimum Gasteiger partial charge on any atom is -0.381 e. The number of hydrogen-bond acceptors (Lipinski definition) is 3. The van der Waals surface area contributed by atoms with E-state index in [9.17, 15) is 4.79 Å². The minimum atomic E-state index is 0.214. The highest BCUT2D eigenvalue weighted by Crippen LogP contribution is 2.13. The first-order valence-electron chi connectivity index (χ1n) is 6.54. The molecule has 1 aliphatic heterocycles. The summed E-state index contributed by atoms with van der Waals surface area (Å²) in [6.45, 7) is 4.47. The fraction of sp³-hybridized carbons (Fsp3) is 0.533. The fourth-order valence-electron chi connectivity index (χ4n) is 2.34. The highest BCUT2D eigenvalue weighted by Gasteiger charge is 2.20. The van der Waals surface area contributed by atoms with Gasteiger partial charge in [0.25, 0.3) is 0 Å². The van der Waals surface area contributed by atoms with Crippen molar-refractivity contribution >= 4 is 5.78 Å². The van der Waals surface area contributed by atoms with Crippen molar-refractivity contribution in [2.75, 3.05) is 26.7 Å². The van der Waals surface area contributed by atoms with E-state index in [1.165, 1.54) is 5.56 Å². The first kappa shape index (κ1) is 13.2. The molecule has 0 amide bonds. The molecule has 18 heavy (non-hydrogen) atoms. The molecule has 1 aromatic carbocycles. The summed E-state index contributed by atoms with van der Waals surface area (Å²) < 4.78 is 5.33. The number of aryl methyl sites for hydroxylation is 1. The summed E-state index contributed by atoms with van der Waals surface area (Å²) in [5.74, 6) is 0.214. The molecule has 0 aliphatic carbocycles. The number of carbonyl (C=O) groups is 1. The van der Waals surface area contributed by atoms with Crippen LogP contribution in [0.15, 0.2) is 24.3 Å². The van der Waals surface area contributed by atoms with Crippen LogP contribution in [0.1, 0.15) is 28.8 Å². The molecule has 0 N–H and O–H groups in total. The summed E-state index contributed by atoms with van der Waals surface area (Å²) in [6, 6.07) is 7.81. The van der Waals surface area contributed by atoms with E-state index in [4.69, 9.17) is 4.74 Å². The second-order valence-electron chi connectivity index (χ2n) is 5.00. The van der Waals surface area contributed by atoms with E-state index < -0.39 is 0 Å². The highest BCUT2D eigenvalue weighted by atomic mass is 16.5. The molecule has 0 atom stereocenters. The highest BCUT2D eigenvalue weighted by molar-refractivity contribution is 5.97. The summed E-state index contributed by atoms with van der Waals surface area (Å²) in [4.78, 5) is 14.3. The standard InChI is InChI=1S/C15H21NO2/c1-12-3-5-13(6-4-12)15(17)11-16-9-7-14(18-2)8-10-16/h3-6,14H,7-11H2,1-2H3. The molecule has 3 heteroatoms. The predicted octanol–water partition coefficient (Wildman–Crippen LogP) is 2.29. The van der Waals surface area contributed by atoms with Crippen LogP contribution in [-0.4, -0.2) is 43.5 Å². The van der Waals surface area contributed by atoms with Crippen LogP contribution >= 0.6 is 0 Å². The van der Waals surface area contributed by atoms with Crippen LogP contribution in [0.4, 0.5) is 0 Å². The number of benzene rings is 1. The van der Waals surface area contributed by atoms with Crippen LogP contribution in [0.2, 0.25) is 0 Å². The van der Waals surface area contributed by atoms with Crippen molar-refractivity contribution in [2.45, 2.75) is 25.9 Å². The molecule has 1 aromatic rings. The number of ether oxygens (including phenoxy) is 1. The molecule has 98 valence electrons. The zero-order chi connectivity index (χ0) is 13.0.